The maximum atomic E-state index is 12.9. The van der Waals surface area contributed by atoms with Gasteiger partial charge in [0, 0.05) is 25.1 Å². The Balaban J connectivity index is 1.17. The van der Waals surface area contributed by atoms with Crippen LogP contribution in [0.25, 0.3) is 0 Å². The van der Waals surface area contributed by atoms with E-state index in [0.717, 1.165) is 50.3 Å². The van der Waals surface area contributed by atoms with E-state index in [4.69, 9.17) is 4.74 Å². The molecule has 31 heavy (non-hydrogen) atoms. The molecule has 1 saturated heterocycles. The molecule has 6 nitrogen and oxygen atoms in total. The molecule has 1 atom stereocenters. The van der Waals surface area contributed by atoms with E-state index in [2.05, 4.69) is 44.5 Å². The van der Waals surface area contributed by atoms with Crippen LogP contribution in [0.15, 0.2) is 67.0 Å². The summed E-state index contributed by atoms with van der Waals surface area (Å²) in [6.07, 6.45) is 5.21. The topological polar surface area (TPSA) is 67.4 Å². The van der Waals surface area contributed by atoms with Crippen LogP contribution in [0.2, 0.25) is 0 Å². The zero-order chi connectivity index (χ0) is 21.0. The molecule has 1 fully saturated rings. The Bertz CT molecular complexity index is 1050. The number of piperidine rings is 1. The summed E-state index contributed by atoms with van der Waals surface area (Å²) in [5.41, 5.74) is 2.64. The highest BCUT2D eigenvalue weighted by atomic mass is 16.5. The second-order valence-electron chi connectivity index (χ2n) is 8.19. The number of aromatic nitrogens is 2. The number of para-hydroxylation sites is 1. The molecule has 1 aliphatic carbocycles. The van der Waals surface area contributed by atoms with Gasteiger partial charge >= 0.3 is 0 Å². The monoisotopic (exact) mass is 414 g/mol. The van der Waals surface area contributed by atoms with Crippen molar-refractivity contribution in [1.29, 1.82) is 0 Å². The number of aryl methyl sites for hydroxylation is 1. The van der Waals surface area contributed by atoms with E-state index in [1.807, 2.05) is 36.4 Å². The Morgan fingerprint density at radius 1 is 0.968 bits per heavy atom. The van der Waals surface area contributed by atoms with Crippen LogP contribution >= 0.6 is 0 Å². The largest absolute Gasteiger partial charge is 0.439 e. The van der Waals surface area contributed by atoms with Gasteiger partial charge in [0.1, 0.15) is 17.9 Å². The number of fused-ring (bicyclic) bond motifs is 1. The summed E-state index contributed by atoms with van der Waals surface area (Å²) >= 11 is 0. The molecule has 2 heterocycles. The Morgan fingerprint density at radius 2 is 1.74 bits per heavy atom. The second-order valence-corrected chi connectivity index (χ2v) is 8.19. The minimum absolute atomic E-state index is 0.0471. The standard InChI is InChI=1S/C25H26N4O2/c30-25(28-22-11-10-18-6-4-5-9-21(18)22)19-12-14-29(15-13-19)23-16-24(27-17-26-23)31-20-7-2-1-3-8-20/h1-9,16-17,19,22H,10-15H2,(H,28,30)/t22-/m1/s1. The van der Waals surface area contributed by atoms with E-state index in [9.17, 15) is 4.79 Å². The first-order chi connectivity index (χ1) is 15.3. The van der Waals surface area contributed by atoms with E-state index in [1.165, 1.54) is 17.5 Å². The zero-order valence-corrected chi connectivity index (χ0v) is 17.4. The molecule has 0 spiro atoms. The van der Waals surface area contributed by atoms with Crippen molar-refractivity contribution in [2.24, 2.45) is 5.92 Å². The molecule has 1 aliphatic heterocycles. The number of ether oxygens (including phenoxy) is 1. The Kier molecular flexibility index (Phi) is 5.52. The fraction of sp³-hybridized carbons (Fsp3) is 0.320. The molecule has 1 amide bonds. The lowest BCUT2D eigenvalue weighted by Gasteiger charge is -2.32. The van der Waals surface area contributed by atoms with Crippen LogP contribution in [0, 0.1) is 5.92 Å². The van der Waals surface area contributed by atoms with Crippen LogP contribution in [0.1, 0.15) is 36.4 Å². The molecule has 2 aliphatic rings. The molecular weight excluding hydrogens is 388 g/mol. The summed E-state index contributed by atoms with van der Waals surface area (Å²) < 4.78 is 5.83. The summed E-state index contributed by atoms with van der Waals surface area (Å²) in [4.78, 5) is 23.7. The van der Waals surface area contributed by atoms with Gasteiger partial charge in [0.15, 0.2) is 0 Å². The molecule has 0 radical (unpaired) electrons. The van der Waals surface area contributed by atoms with Gasteiger partial charge in [-0.2, -0.15) is 0 Å². The van der Waals surface area contributed by atoms with Crippen molar-refractivity contribution < 1.29 is 9.53 Å². The Hall–Kier alpha value is -3.41. The van der Waals surface area contributed by atoms with Gasteiger partial charge in [0.2, 0.25) is 11.8 Å². The summed E-state index contributed by atoms with van der Waals surface area (Å²) in [5.74, 6) is 2.33. The van der Waals surface area contributed by atoms with Crippen LogP contribution in [-0.4, -0.2) is 29.0 Å². The summed E-state index contributed by atoms with van der Waals surface area (Å²) in [6.45, 7) is 1.59. The number of hydrogen-bond acceptors (Lipinski definition) is 5. The Labute approximate surface area is 182 Å². The molecule has 5 rings (SSSR count). The molecule has 6 heteroatoms. The van der Waals surface area contributed by atoms with Gasteiger partial charge in [-0.05, 0) is 48.9 Å². The maximum absolute atomic E-state index is 12.9. The predicted molar refractivity (Wildman–Crippen MR) is 119 cm³/mol. The van der Waals surface area contributed by atoms with Gasteiger partial charge in [-0.3, -0.25) is 4.79 Å². The van der Waals surface area contributed by atoms with Crippen molar-refractivity contribution in [3.8, 4) is 11.6 Å². The first-order valence-corrected chi connectivity index (χ1v) is 10.9. The fourth-order valence-electron chi connectivity index (χ4n) is 4.54. The van der Waals surface area contributed by atoms with Gasteiger partial charge in [-0.15, -0.1) is 0 Å². The van der Waals surface area contributed by atoms with Gasteiger partial charge < -0.3 is 15.0 Å². The lowest BCUT2D eigenvalue weighted by molar-refractivity contribution is -0.126. The van der Waals surface area contributed by atoms with Crippen molar-refractivity contribution in [2.45, 2.75) is 31.7 Å². The molecule has 0 saturated carbocycles. The smallest absolute Gasteiger partial charge is 0.224 e. The van der Waals surface area contributed by atoms with E-state index >= 15 is 0 Å². The minimum Gasteiger partial charge on any atom is -0.439 e. The molecular formula is C25H26N4O2. The fourth-order valence-corrected chi connectivity index (χ4v) is 4.54. The lowest BCUT2D eigenvalue weighted by atomic mass is 9.95. The molecule has 1 aromatic heterocycles. The van der Waals surface area contributed by atoms with E-state index in [1.54, 1.807) is 0 Å². The zero-order valence-electron chi connectivity index (χ0n) is 17.4. The van der Waals surface area contributed by atoms with Crippen LogP contribution in [0.5, 0.6) is 11.6 Å². The minimum atomic E-state index is 0.0471. The predicted octanol–water partition coefficient (Wildman–Crippen LogP) is 4.29. The lowest BCUT2D eigenvalue weighted by Crippen LogP contribution is -2.41. The SMILES string of the molecule is O=C(N[C@@H]1CCc2ccccc21)C1CCN(c2cc(Oc3ccccc3)ncn2)CC1. The second kappa shape index (κ2) is 8.76. The van der Waals surface area contributed by atoms with Crippen molar-refractivity contribution in [1.82, 2.24) is 15.3 Å². The van der Waals surface area contributed by atoms with Gasteiger partial charge in [0.05, 0.1) is 6.04 Å². The highest BCUT2D eigenvalue weighted by Gasteiger charge is 2.29. The third kappa shape index (κ3) is 4.38. The molecule has 0 bridgehead atoms. The third-order valence-corrected chi connectivity index (χ3v) is 6.23. The number of nitrogens with zero attached hydrogens (tertiary/aromatic N) is 3. The number of rotatable bonds is 5. The van der Waals surface area contributed by atoms with E-state index in [-0.39, 0.29) is 17.9 Å². The number of hydrogen-bond donors (Lipinski definition) is 1. The van der Waals surface area contributed by atoms with Crippen LogP contribution < -0.4 is 15.0 Å². The van der Waals surface area contributed by atoms with E-state index < -0.39 is 0 Å². The summed E-state index contributed by atoms with van der Waals surface area (Å²) in [7, 11) is 0. The van der Waals surface area contributed by atoms with Crippen molar-refractivity contribution in [2.75, 3.05) is 18.0 Å². The molecule has 1 N–H and O–H groups in total. The van der Waals surface area contributed by atoms with E-state index in [0.29, 0.717) is 5.88 Å². The van der Waals surface area contributed by atoms with Crippen molar-refractivity contribution >= 4 is 11.7 Å². The van der Waals surface area contributed by atoms with Gasteiger partial charge in [-0.25, -0.2) is 9.97 Å². The highest BCUT2D eigenvalue weighted by Crippen LogP contribution is 2.32. The van der Waals surface area contributed by atoms with Crippen LogP contribution in [0.4, 0.5) is 5.82 Å². The first-order valence-electron chi connectivity index (χ1n) is 10.9. The van der Waals surface area contributed by atoms with Crippen molar-refractivity contribution in [3.05, 3.63) is 78.1 Å². The average Bonchev–Trinajstić information content (AvgIpc) is 3.23. The highest BCUT2D eigenvalue weighted by molar-refractivity contribution is 5.79. The number of carbonyl (C=O) groups excluding carboxylic acids is 1. The summed E-state index contributed by atoms with van der Waals surface area (Å²) in [5, 5.41) is 3.29. The Morgan fingerprint density at radius 3 is 2.58 bits per heavy atom. The number of anilines is 1. The molecule has 2 aromatic carbocycles. The number of nitrogens with one attached hydrogen (secondary N) is 1. The quantitative estimate of drug-likeness (QED) is 0.675. The molecule has 0 unspecified atom stereocenters. The first kappa shape index (κ1) is 19.5. The average molecular weight is 415 g/mol. The van der Waals surface area contributed by atoms with Gasteiger partial charge in [-0.1, -0.05) is 42.5 Å². The molecule has 158 valence electrons. The number of amides is 1. The van der Waals surface area contributed by atoms with Crippen LogP contribution in [-0.2, 0) is 11.2 Å². The molecule has 3 aromatic rings. The number of benzene rings is 2. The maximum Gasteiger partial charge on any atom is 0.224 e. The van der Waals surface area contributed by atoms with Gasteiger partial charge in [0.25, 0.3) is 0 Å². The number of carbonyl (C=O) groups is 1. The third-order valence-electron chi connectivity index (χ3n) is 6.23. The van der Waals surface area contributed by atoms with Crippen molar-refractivity contribution in [3.63, 3.8) is 0 Å². The normalized spacial score (nSPS) is 18.5. The van der Waals surface area contributed by atoms with Crippen LogP contribution in [0.3, 0.4) is 0 Å². The summed E-state index contributed by atoms with van der Waals surface area (Å²) in [6, 6.07) is 20.0.